The number of hydrogen-bond acceptors (Lipinski definition) is 3. The van der Waals surface area contributed by atoms with Gasteiger partial charge in [-0.2, -0.15) is 8.78 Å². The van der Waals surface area contributed by atoms with Crippen LogP contribution in [0, 0.1) is 10.1 Å². The van der Waals surface area contributed by atoms with Crippen LogP contribution < -0.4 is 5.32 Å². The van der Waals surface area contributed by atoms with Gasteiger partial charge in [0.2, 0.25) is 0 Å². The number of nitrogens with zero attached hydrogens (tertiary/aromatic N) is 1. The van der Waals surface area contributed by atoms with Crippen molar-refractivity contribution in [2.75, 3.05) is 5.32 Å². The molecule has 0 fully saturated rings. The maximum absolute atomic E-state index is 12.6. The Morgan fingerprint density at radius 2 is 2.00 bits per heavy atom. The summed E-state index contributed by atoms with van der Waals surface area (Å²) in [5.74, 6) is -7.10. The third-order valence-corrected chi connectivity index (χ3v) is 2.28. The van der Waals surface area contributed by atoms with E-state index in [9.17, 15) is 32.5 Å². The highest BCUT2D eigenvalue weighted by Gasteiger charge is 2.49. The molecule has 0 aliphatic rings. The van der Waals surface area contributed by atoms with Gasteiger partial charge < -0.3 is 5.32 Å². The number of carbonyl (C=O) groups excluding carboxylic acids is 1. The molecule has 10 heteroatoms. The summed E-state index contributed by atoms with van der Waals surface area (Å²) in [7, 11) is 0. The first kappa shape index (κ1) is 15.2. The van der Waals surface area contributed by atoms with Gasteiger partial charge in [-0.3, -0.25) is 14.9 Å². The molecular weight excluding hydrogens is 296 g/mol. The number of nitro benzene ring substituents is 1. The largest absolute Gasteiger partial charge is 0.383 e. The SMILES string of the molecule is O=C(Nc1ccc([N+](=O)[O-])c(Cl)c1)C(F)(F)C(F)F. The Morgan fingerprint density at radius 3 is 2.42 bits per heavy atom. The monoisotopic (exact) mass is 300 g/mol. The fourth-order valence-electron chi connectivity index (χ4n) is 1.05. The first-order chi connectivity index (χ1) is 8.66. The molecule has 0 atom stereocenters. The van der Waals surface area contributed by atoms with Gasteiger partial charge in [-0.25, -0.2) is 8.78 Å². The Labute approximate surface area is 108 Å². The number of halogens is 5. The second-order valence-electron chi connectivity index (χ2n) is 3.30. The lowest BCUT2D eigenvalue weighted by Gasteiger charge is -2.14. The number of rotatable bonds is 4. The Balaban J connectivity index is 2.93. The van der Waals surface area contributed by atoms with Crippen molar-refractivity contribution in [3.63, 3.8) is 0 Å². The second-order valence-corrected chi connectivity index (χ2v) is 3.71. The van der Waals surface area contributed by atoms with Gasteiger partial charge in [0.1, 0.15) is 5.02 Å². The molecule has 0 radical (unpaired) electrons. The van der Waals surface area contributed by atoms with Crippen molar-refractivity contribution in [1.82, 2.24) is 0 Å². The lowest BCUT2D eigenvalue weighted by Crippen LogP contribution is -2.40. The average Bonchev–Trinajstić information content (AvgIpc) is 2.28. The van der Waals surface area contributed by atoms with E-state index in [4.69, 9.17) is 11.6 Å². The van der Waals surface area contributed by atoms with Gasteiger partial charge in [0, 0.05) is 11.8 Å². The molecule has 1 amide bonds. The molecule has 1 N–H and O–H groups in total. The van der Waals surface area contributed by atoms with Crippen LogP contribution in [0.25, 0.3) is 0 Å². The van der Waals surface area contributed by atoms with Gasteiger partial charge in [0.25, 0.3) is 5.69 Å². The maximum Gasteiger partial charge on any atom is 0.383 e. The van der Waals surface area contributed by atoms with Gasteiger partial charge in [0.05, 0.1) is 4.92 Å². The van der Waals surface area contributed by atoms with Crippen LogP contribution in [-0.2, 0) is 4.79 Å². The average molecular weight is 301 g/mol. The predicted octanol–water partition coefficient (Wildman–Crippen LogP) is 3.09. The number of anilines is 1. The maximum atomic E-state index is 12.6. The molecule has 0 saturated carbocycles. The Hall–Kier alpha value is -1.90. The minimum absolute atomic E-state index is 0.360. The predicted molar refractivity (Wildman–Crippen MR) is 57.7 cm³/mol. The summed E-state index contributed by atoms with van der Waals surface area (Å²) in [5.41, 5.74) is -0.874. The molecule has 1 rings (SSSR count). The summed E-state index contributed by atoms with van der Waals surface area (Å²) in [6.07, 6.45) is -4.17. The van der Waals surface area contributed by atoms with Crippen LogP contribution in [0.3, 0.4) is 0 Å². The second kappa shape index (κ2) is 5.39. The Bertz CT molecular complexity index is 524. The number of benzene rings is 1. The number of alkyl halides is 4. The number of nitrogens with one attached hydrogen (secondary N) is 1. The molecule has 0 saturated heterocycles. The molecule has 0 bridgehead atoms. The van der Waals surface area contributed by atoms with E-state index in [-0.39, 0.29) is 5.69 Å². The zero-order valence-corrected chi connectivity index (χ0v) is 9.63. The summed E-state index contributed by atoms with van der Waals surface area (Å²) in [5, 5.41) is 11.5. The van der Waals surface area contributed by atoms with Crippen molar-refractivity contribution >= 4 is 28.9 Å². The third-order valence-electron chi connectivity index (χ3n) is 1.98. The van der Waals surface area contributed by atoms with Crippen molar-refractivity contribution in [3.8, 4) is 0 Å². The molecule has 0 aliphatic carbocycles. The van der Waals surface area contributed by atoms with Gasteiger partial charge in [-0.15, -0.1) is 0 Å². The van der Waals surface area contributed by atoms with Crippen LogP contribution >= 0.6 is 11.6 Å². The van der Waals surface area contributed by atoms with E-state index in [1.807, 2.05) is 0 Å². The molecule has 1 aromatic rings. The summed E-state index contributed by atoms with van der Waals surface area (Å²) in [6, 6.07) is 2.54. The van der Waals surface area contributed by atoms with Gasteiger partial charge in [0.15, 0.2) is 0 Å². The first-order valence-corrected chi connectivity index (χ1v) is 4.95. The van der Waals surface area contributed by atoms with Crippen LogP contribution in [0.4, 0.5) is 28.9 Å². The van der Waals surface area contributed by atoms with Crippen molar-refractivity contribution in [2.45, 2.75) is 12.3 Å². The number of amides is 1. The molecule has 0 aliphatic heterocycles. The van der Waals surface area contributed by atoms with Crippen molar-refractivity contribution < 1.29 is 27.3 Å². The Kier molecular flexibility index (Phi) is 4.30. The van der Waals surface area contributed by atoms with Crippen LogP contribution in [0.5, 0.6) is 0 Å². The normalized spacial score (nSPS) is 11.5. The zero-order valence-electron chi connectivity index (χ0n) is 8.87. The molecule has 0 aromatic heterocycles. The van der Waals surface area contributed by atoms with Crippen LogP contribution in [0.1, 0.15) is 0 Å². The van der Waals surface area contributed by atoms with Gasteiger partial charge in [-0.1, -0.05) is 11.6 Å². The van der Waals surface area contributed by atoms with E-state index < -0.39 is 33.9 Å². The van der Waals surface area contributed by atoms with Crippen LogP contribution in [0.2, 0.25) is 5.02 Å². The van der Waals surface area contributed by atoms with Crippen LogP contribution in [0.15, 0.2) is 18.2 Å². The van der Waals surface area contributed by atoms with Crippen molar-refractivity contribution in [2.24, 2.45) is 0 Å². The quantitative estimate of drug-likeness (QED) is 0.527. The minimum Gasteiger partial charge on any atom is -0.321 e. The fraction of sp³-hybridized carbons (Fsp3) is 0.222. The molecule has 104 valence electrons. The number of carbonyl (C=O) groups is 1. The highest BCUT2D eigenvalue weighted by atomic mass is 35.5. The number of nitro groups is 1. The zero-order chi connectivity index (χ0) is 14.8. The van der Waals surface area contributed by atoms with Crippen LogP contribution in [-0.4, -0.2) is 23.2 Å². The van der Waals surface area contributed by atoms with Gasteiger partial charge in [-0.05, 0) is 12.1 Å². The molecular formula is C9H5ClF4N2O3. The first-order valence-electron chi connectivity index (χ1n) is 4.57. The van der Waals surface area contributed by atoms with Crippen molar-refractivity contribution in [1.29, 1.82) is 0 Å². The summed E-state index contributed by atoms with van der Waals surface area (Å²) < 4.78 is 49.0. The lowest BCUT2D eigenvalue weighted by molar-refractivity contribution is -0.384. The third kappa shape index (κ3) is 3.31. The highest BCUT2D eigenvalue weighted by Crippen LogP contribution is 2.29. The summed E-state index contributed by atoms with van der Waals surface area (Å²) >= 11 is 5.46. The molecule has 0 heterocycles. The fourth-order valence-corrected chi connectivity index (χ4v) is 1.30. The lowest BCUT2D eigenvalue weighted by atomic mass is 10.2. The standard InChI is InChI=1S/C9H5ClF4N2O3/c10-5-3-4(1-2-6(5)16(18)19)15-8(17)9(13,14)7(11)12/h1-3,7H,(H,15,17). The molecule has 0 spiro atoms. The van der Waals surface area contributed by atoms with E-state index >= 15 is 0 Å². The van der Waals surface area contributed by atoms with E-state index in [0.717, 1.165) is 18.2 Å². The van der Waals surface area contributed by atoms with E-state index in [2.05, 4.69) is 0 Å². The topological polar surface area (TPSA) is 72.2 Å². The van der Waals surface area contributed by atoms with E-state index in [1.165, 1.54) is 5.32 Å². The minimum atomic E-state index is -4.87. The highest BCUT2D eigenvalue weighted by molar-refractivity contribution is 6.33. The summed E-state index contributed by atoms with van der Waals surface area (Å²) in [6.45, 7) is 0. The van der Waals surface area contributed by atoms with E-state index in [0.29, 0.717) is 0 Å². The molecule has 0 unspecified atom stereocenters. The molecule has 19 heavy (non-hydrogen) atoms. The van der Waals surface area contributed by atoms with Gasteiger partial charge >= 0.3 is 18.3 Å². The molecule has 5 nitrogen and oxygen atoms in total. The molecule has 1 aromatic carbocycles. The van der Waals surface area contributed by atoms with E-state index in [1.54, 1.807) is 0 Å². The smallest absolute Gasteiger partial charge is 0.321 e. The van der Waals surface area contributed by atoms with Crippen molar-refractivity contribution in [3.05, 3.63) is 33.3 Å². The Morgan fingerprint density at radius 1 is 1.42 bits per heavy atom. The number of hydrogen-bond donors (Lipinski definition) is 1. The summed E-state index contributed by atoms with van der Waals surface area (Å²) in [4.78, 5) is 20.5.